The number of nitrogens with two attached hydrogens (primary N) is 1. The quantitative estimate of drug-likeness (QED) is 0.720. The van der Waals surface area contributed by atoms with Crippen LogP contribution in [0.15, 0.2) is 0 Å². The zero-order valence-electron chi connectivity index (χ0n) is 13.6. The van der Waals surface area contributed by atoms with Crippen LogP contribution in [-0.4, -0.2) is 30.2 Å². The van der Waals surface area contributed by atoms with E-state index in [1.54, 1.807) is 0 Å². The summed E-state index contributed by atoms with van der Waals surface area (Å²) in [5, 5.41) is 3.19. The van der Waals surface area contributed by atoms with Crippen LogP contribution in [0.5, 0.6) is 0 Å². The summed E-state index contributed by atoms with van der Waals surface area (Å²) < 4.78 is 6.17. The summed E-state index contributed by atoms with van der Waals surface area (Å²) >= 11 is 0. The summed E-state index contributed by atoms with van der Waals surface area (Å²) in [7, 11) is 0. The minimum Gasteiger partial charge on any atom is -0.375 e. The van der Waals surface area contributed by atoms with Gasteiger partial charge in [0.25, 0.3) is 0 Å². The van der Waals surface area contributed by atoms with Gasteiger partial charge in [-0.2, -0.15) is 0 Å². The van der Waals surface area contributed by atoms with Gasteiger partial charge in [0.15, 0.2) is 0 Å². The lowest BCUT2D eigenvalue weighted by molar-refractivity contribution is -0.126. The second-order valence-electron chi connectivity index (χ2n) is 6.44. The minimum atomic E-state index is -0.674. The molecule has 0 aromatic carbocycles. The first-order valence-electron chi connectivity index (χ1n) is 8.11. The average Bonchev–Trinajstić information content (AvgIpc) is 2.38. The Balaban J connectivity index is 2.49. The molecule has 4 atom stereocenters. The molecule has 0 aliphatic heterocycles. The van der Waals surface area contributed by atoms with Crippen molar-refractivity contribution in [2.45, 2.75) is 84.0 Å². The Bertz CT molecular complexity index is 309. The molecule has 1 rings (SSSR count). The van der Waals surface area contributed by atoms with E-state index in [1.165, 1.54) is 19.3 Å². The van der Waals surface area contributed by atoms with Crippen LogP contribution in [0.4, 0.5) is 0 Å². The largest absolute Gasteiger partial charge is 0.375 e. The van der Waals surface area contributed by atoms with Crippen LogP contribution >= 0.6 is 0 Å². The standard InChI is InChI=1S/C16H32N2O2/c1-5-13-8-7-9-14(10-13)20-12(3)11-16(4,15(17)19)18-6-2/h12-14,18H,5-11H2,1-4H3,(H2,17,19). The van der Waals surface area contributed by atoms with Gasteiger partial charge in [-0.15, -0.1) is 0 Å². The van der Waals surface area contributed by atoms with Crippen LogP contribution < -0.4 is 11.1 Å². The predicted molar refractivity (Wildman–Crippen MR) is 82.5 cm³/mol. The Morgan fingerprint density at radius 1 is 1.45 bits per heavy atom. The summed E-state index contributed by atoms with van der Waals surface area (Å²) in [5.41, 5.74) is 4.85. The number of hydrogen-bond acceptors (Lipinski definition) is 3. The Morgan fingerprint density at radius 3 is 2.70 bits per heavy atom. The van der Waals surface area contributed by atoms with E-state index in [2.05, 4.69) is 12.2 Å². The zero-order chi connectivity index (χ0) is 15.2. The number of ether oxygens (including phenoxy) is 1. The Labute approximate surface area is 123 Å². The average molecular weight is 284 g/mol. The van der Waals surface area contributed by atoms with Crippen molar-refractivity contribution in [3.8, 4) is 0 Å². The third kappa shape index (κ3) is 5.06. The van der Waals surface area contributed by atoms with E-state index in [4.69, 9.17) is 10.5 Å². The molecule has 4 unspecified atom stereocenters. The predicted octanol–water partition coefficient (Wildman–Crippen LogP) is 2.60. The van der Waals surface area contributed by atoms with Gasteiger partial charge in [-0.1, -0.05) is 33.1 Å². The number of hydrogen-bond donors (Lipinski definition) is 2. The molecule has 1 amide bonds. The molecule has 1 fully saturated rings. The van der Waals surface area contributed by atoms with Gasteiger partial charge in [-0.3, -0.25) is 4.79 Å². The third-order valence-electron chi connectivity index (χ3n) is 4.54. The van der Waals surface area contributed by atoms with Crippen molar-refractivity contribution in [3.05, 3.63) is 0 Å². The van der Waals surface area contributed by atoms with Crippen LogP contribution in [0.3, 0.4) is 0 Å². The third-order valence-corrected chi connectivity index (χ3v) is 4.54. The lowest BCUT2D eigenvalue weighted by Crippen LogP contribution is -2.55. The van der Waals surface area contributed by atoms with Crippen molar-refractivity contribution in [2.75, 3.05) is 6.54 Å². The molecule has 1 aliphatic rings. The first-order chi connectivity index (χ1) is 9.41. The van der Waals surface area contributed by atoms with Gasteiger partial charge in [-0.25, -0.2) is 0 Å². The maximum Gasteiger partial charge on any atom is 0.237 e. The lowest BCUT2D eigenvalue weighted by atomic mass is 9.85. The Hall–Kier alpha value is -0.610. The van der Waals surface area contributed by atoms with E-state index in [1.807, 2.05) is 20.8 Å². The number of nitrogens with one attached hydrogen (secondary N) is 1. The van der Waals surface area contributed by atoms with E-state index < -0.39 is 5.54 Å². The number of rotatable bonds is 8. The van der Waals surface area contributed by atoms with E-state index in [-0.39, 0.29) is 12.0 Å². The number of carbonyl (C=O) groups excluding carboxylic acids is 1. The normalized spacial score (nSPS) is 27.8. The molecule has 4 heteroatoms. The fraction of sp³-hybridized carbons (Fsp3) is 0.938. The SMILES string of the molecule is CCNC(C)(CC(C)OC1CCCC(CC)C1)C(N)=O. The smallest absolute Gasteiger partial charge is 0.237 e. The van der Waals surface area contributed by atoms with Crippen molar-refractivity contribution in [1.29, 1.82) is 0 Å². The fourth-order valence-electron chi connectivity index (χ4n) is 3.34. The lowest BCUT2D eigenvalue weighted by Gasteiger charge is -2.34. The van der Waals surface area contributed by atoms with Crippen molar-refractivity contribution in [1.82, 2.24) is 5.32 Å². The number of primary amides is 1. The van der Waals surface area contributed by atoms with Crippen molar-refractivity contribution in [3.63, 3.8) is 0 Å². The molecule has 0 spiro atoms. The van der Waals surface area contributed by atoms with Crippen LogP contribution in [0.1, 0.15) is 66.2 Å². The van der Waals surface area contributed by atoms with Crippen LogP contribution in [-0.2, 0) is 9.53 Å². The highest BCUT2D eigenvalue weighted by atomic mass is 16.5. The maximum absolute atomic E-state index is 11.6. The Morgan fingerprint density at radius 2 is 2.15 bits per heavy atom. The summed E-state index contributed by atoms with van der Waals surface area (Å²) in [6.07, 6.45) is 7.17. The van der Waals surface area contributed by atoms with Gasteiger partial charge in [-0.05, 0) is 39.2 Å². The van der Waals surface area contributed by atoms with Crippen LogP contribution in [0, 0.1) is 5.92 Å². The summed E-state index contributed by atoms with van der Waals surface area (Å²) in [6, 6.07) is 0. The molecule has 0 radical (unpaired) electrons. The zero-order valence-corrected chi connectivity index (χ0v) is 13.6. The first-order valence-corrected chi connectivity index (χ1v) is 8.11. The van der Waals surface area contributed by atoms with E-state index in [0.717, 1.165) is 25.3 Å². The highest BCUT2D eigenvalue weighted by Crippen LogP contribution is 2.30. The summed E-state index contributed by atoms with van der Waals surface area (Å²) in [4.78, 5) is 11.6. The van der Waals surface area contributed by atoms with Gasteiger partial charge in [0.05, 0.1) is 17.7 Å². The Kier molecular flexibility index (Phi) is 6.96. The summed E-state index contributed by atoms with van der Waals surface area (Å²) in [5.74, 6) is 0.502. The van der Waals surface area contributed by atoms with E-state index in [0.29, 0.717) is 12.5 Å². The molecular formula is C16H32N2O2. The highest BCUT2D eigenvalue weighted by Gasteiger charge is 2.33. The topological polar surface area (TPSA) is 64.3 Å². The van der Waals surface area contributed by atoms with Gasteiger partial charge >= 0.3 is 0 Å². The molecule has 4 nitrogen and oxygen atoms in total. The molecule has 20 heavy (non-hydrogen) atoms. The van der Waals surface area contributed by atoms with Crippen molar-refractivity contribution < 1.29 is 9.53 Å². The van der Waals surface area contributed by atoms with E-state index in [9.17, 15) is 4.79 Å². The maximum atomic E-state index is 11.6. The monoisotopic (exact) mass is 284 g/mol. The molecule has 0 saturated heterocycles. The second kappa shape index (κ2) is 7.99. The molecule has 0 aromatic rings. The van der Waals surface area contributed by atoms with E-state index >= 15 is 0 Å². The molecular weight excluding hydrogens is 252 g/mol. The number of amides is 1. The second-order valence-corrected chi connectivity index (χ2v) is 6.44. The molecule has 1 aliphatic carbocycles. The van der Waals surface area contributed by atoms with Crippen LogP contribution in [0.25, 0.3) is 0 Å². The molecule has 0 aromatic heterocycles. The van der Waals surface area contributed by atoms with Crippen molar-refractivity contribution in [2.24, 2.45) is 11.7 Å². The highest BCUT2D eigenvalue weighted by molar-refractivity contribution is 5.84. The first kappa shape index (κ1) is 17.4. The van der Waals surface area contributed by atoms with Gasteiger partial charge < -0.3 is 15.8 Å². The fourth-order valence-corrected chi connectivity index (χ4v) is 3.34. The minimum absolute atomic E-state index is 0.0483. The number of carbonyl (C=O) groups is 1. The molecule has 1 saturated carbocycles. The molecule has 118 valence electrons. The van der Waals surface area contributed by atoms with Crippen LogP contribution in [0.2, 0.25) is 0 Å². The van der Waals surface area contributed by atoms with Gasteiger partial charge in [0, 0.05) is 6.42 Å². The molecule has 3 N–H and O–H groups in total. The number of likely N-dealkylation sites (N-methyl/N-ethyl adjacent to an activating group) is 1. The van der Waals surface area contributed by atoms with Gasteiger partial charge in [0.1, 0.15) is 0 Å². The van der Waals surface area contributed by atoms with Crippen molar-refractivity contribution >= 4 is 5.91 Å². The van der Waals surface area contributed by atoms with Gasteiger partial charge in [0.2, 0.25) is 5.91 Å². The summed E-state index contributed by atoms with van der Waals surface area (Å²) in [6.45, 7) is 8.89. The molecule has 0 heterocycles. The molecule has 0 bridgehead atoms.